The second-order valence-corrected chi connectivity index (χ2v) is 7.90. The van der Waals surface area contributed by atoms with E-state index in [1.54, 1.807) is 0 Å². The molecule has 0 radical (unpaired) electrons. The van der Waals surface area contributed by atoms with Crippen molar-refractivity contribution in [3.05, 3.63) is 12.2 Å². The molecule has 0 spiro atoms. The Kier molecular flexibility index (Phi) is 19.5. The fourth-order valence-corrected chi connectivity index (χ4v) is 3.44. The van der Waals surface area contributed by atoms with E-state index in [0.717, 1.165) is 37.8 Å². The molecule has 0 saturated heterocycles. The molecule has 0 aromatic carbocycles. The van der Waals surface area contributed by atoms with Crippen LogP contribution < -0.4 is 0 Å². The van der Waals surface area contributed by atoms with Gasteiger partial charge in [0.2, 0.25) is 0 Å². The Morgan fingerprint density at radius 3 is 1.46 bits per heavy atom. The van der Waals surface area contributed by atoms with Crippen molar-refractivity contribution in [2.75, 3.05) is 0 Å². The highest BCUT2D eigenvalue weighted by atomic mass is 16.5. The summed E-state index contributed by atoms with van der Waals surface area (Å²) in [5.41, 5.74) is 0. The van der Waals surface area contributed by atoms with Crippen LogP contribution in [0.1, 0.15) is 123 Å². The molecule has 0 aliphatic rings. The van der Waals surface area contributed by atoms with E-state index < -0.39 is 11.9 Å². The lowest BCUT2D eigenvalue weighted by molar-refractivity contribution is -0.144. The first-order chi connectivity index (χ1) is 13.6. The Hall–Kier alpha value is -1.32. The highest BCUT2D eigenvalue weighted by molar-refractivity contribution is 5.90. The van der Waals surface area contributed by atoms with Gasteiger partial charge in [0, 0.05) is 12.2 Å². The Morgan fingerprint density at radius 2 is 1.07 bits per heavy atom. The van der Waals surface area contributed by atoms with Gasteiger partial charge in [0.15, 0.2) is 0 Å². The number of esters is 1. The summed E-state index contributed by atoms with van der Waals surface area (Å²) in [6, 6.07) is 0. The number of carboxylic acids is 1. The van der Waals surface area contributed by atoms with Crippen molar-refractivity contribution in [2.45, 2.75) is 129 Å². The summed E-state index contributed by atoms with van der Waals surface area (Å²) in [6.07, 6.45) is 22.3. The molecule has 28 heavy (non-hydrogen) atoms. The second kappa shape index (κ2) is 20.4. The lowest BCUT2D eigenvalue weighted by atomic mass is 10.0. The predicted octanol–water partition coefficient (Wildman–Crippen LogP) is 7.21. The Balaban J connectivity index is 4.04. The molecule has 0 amide bonds. The van der Waals surface area contributed by atoms with Crippen molar-refractivity contribution in [2.24, 2.45) is 0 Å². The summed E-state index contributed by atoms with van der Waals surface area (Å²) >= 11 is 0. The van der Waals surface area contributed by atoms with Gasteiger partial charge in [-0.25, -0.2) is 9.59 Å². The highest BCUT2D eigenvalue weighted by Gasteiger charge is 2.13. The minimum Gasteiger partial charge on any atom is -0.478 e. The van der Waals surface area contributed by atoms with E-state index in [1.807, 2.05) is 0 Å². The maximum absolute atomic E-state index is 11.8. The summed E-state index contributed by atoms with van der Waals surface area (Å²) in [6.45, 7) is 4.46. The van der Waals surface area contributed by atoms with Crippen molar-refractivity contribution >= 4 is 11.9 Å². The number of rotatable bonds is 20. The van der Waals surface area contributed by atoms with Crippen LogP contribution in [-0.2, 0) is 14.3 Å². The molecule has 0 bridgehead atoms. The van der Waals surface area contributed by atoms with Gasteiger partial charge in [0.25, 0.3) is 0 Å². The molecule has 1 unspecified atom stereocenters. The Bertz CT molecular complexity index is 403. The van der Waals surface area contributed by atoms with Gasteiger partial charge in [-0.05, 0) is 25.7 Å². The van der Waals surface area contributed by atoms with Crippen molar-refractivity contribution in [3.8, 4) is 0 Å². The van der Waals surface area contributed by atoms with Crippen molar-refractivity contribution in [3.63, 3.8) is 0 Å². The first-order valence-corrected chi connectivity index (χ1v) is 11.7. The van der Waals surface area contributed by atoms with Crippen molar-refractivity contribution < 1.29 is 19.4 Å². The first-order valence-electron chi connectivity index (χ1n) is 11.7. The molecule has 0 aromatic rings. The second-order valence-electron chi connectivity index (χ2n) is 7.90. The Morgan fingerprint density at radius 1 is 0.679 bits per heavy atom. The van der Waals surface area contributed by atoms with Gasteiger partial charge < -0.3 is 9.84 Å². The van der Waals surface area contributed by atoms with Crippen LogP contribution in [0.15, 0.2) is 12.2 Å². The van der Waals surface area contributed by atoms with Crippen LogP contribution in [0.2, 0.25) is 0 Å². The van der Waals surface area contributed by atoms with Crippen molar-refractivity contribution in [1.29, 1.82) is 0 Å². The van der Waals surface area contributed by atoms with Crippen LogP contribution in [0.4, 0.5) is 0 Å². The number of hydrogen-bond donors (Lipinski definition) is 1. The van der Waals surface area contributed by atoms with Gasteiger partial charge in [0.1, 0.15) is 6.10 Å². The van der Waals surface area contributed by atoms with Crippen LogP contribution in [-0.4, -0.2) is 23.1 Å². The molecule has 0 rings (SSSR count). The first kappa shape index (κ1) is 26.7. The number of carbonyl (C=O) groups excluding carboxylic acids is 1. The van der Waals surface area contributed by atoms with Crippen LogP contribution in [0, 0.1) is 0 Å². The molecule has 164 valence electrons. The quantitative estimate of drug-likeness (QED) is 0.134. The maximum Gasteiger partial charge on any atom is 0.331 e. The molecule has 0 saturated carbocycles. The average Bonchev–Trinajstić information content (AvgIpc) is 2.67. The van der Waals surface area contributed by atoms with E-state index in [1.165, 1.54) is 83.5 Å². The average molecular weight is 397 g/mol. The molecular weight excluding hydrogens is 352 g/mol. The third kappa shape index (κ3) is 19.4. The zero-order chi connectivity index (χ0) is 20.9. The lowest BCUT2D eigenvalue weighted by Gasteiger charge is -2.17. The van der Waals surface area contributed by atoms with Gasteiger partial charge in [-0.2, -0.15) is 0 Å². The van der Waals surface area contributed by atoms with Crippen LogP contribution in [0.5, 0.6) is 0 Å². The summed E-state index contributed by atoms with van der Waals surface area (Å²) < 4.78 is 5.51. The van der Waals surface area contributed by atoms with Gasteiger partial charge in [-0.3, -0.25) is 0 Å². The third-order valence-electron chi connectivity index (χ3n) is 5.15. The van der Waals surface area contributed by atoms with E-state index >= 15 is 0 Å². The fourth-order valence-electron chi connectivity index (χ4n) is 3.44. The molecule has 0 heterocycles. The van der Waals surface area contributed by atoms with E-state index in [0.29, 0.717) is 0 Å². The molecule has 4 heteroatoms. The minimum absolute atomic E-state index is 0.0818. The molecule has 0 fully saturated rings. The molecule has 0 aromatic heterocycles. The maximum atomic E-state index is 11.8. The molecule has 4 nitrogen and oxygen atoms in total. The molecule has 1 atom stereocenters. The van der Waals surface area contributed by atoms with Crippen LogP contribution in [0.25, 0.3) is 0 Å². The summed E-state index contributed by atoms with van der Waals surface area (Å²) in [5.74, 6) is -1.65. The molecule has 0 aliphatic carbocycles. The zero-order valence-corrected chi connectivity index (χ0v) is 18.4. The number of ether oxygens (including phenoxy) is 1. The monoisotopic (exact) mass is 396 g/mol. The van der Waals surface area contributed by atoms with Crippen LogP contribution >= 0.6 is 0 Å². The summed E-state index contributed by atoms with van der Waals surface area (Å²) in [5, 5.41) is 8.64. The topological polar surface area (TPSA) is 63.6 Å². The molecule has 0 aliphatic heterocycles. The van der Waals surface area contributed by atoms with E-state index in [4.69, 9.17) is 9.84 Å². The Labute approximate surface area is 173 Å². The van der Waals surface area contributed by atoms with E-state index in [9.17, 15) is 9.59 Å². The lowest BCUT2D eigenvalue weighted by Crippen LogP contribution is -2.17. The molecular formula is C24H44O4. The number of unbranched alkanes of at least 4 members (excludes halogenated alkanes) is 13. The number of hydrogen-bond acceptors (Lipinski definition) is 3. The minimum atomic E-state index is -1.12. The highest BCUT2D eigenvalue weighted by Crippen LogP contribution is 2.17. The third-order valence-corrected chi connectivity index (χ3v) is 5.15. The largest absolute Gasteiger partial charge is 0.478 e. The molecule has 1 N–H and O–H groups in total. The summed E-state index contributed by atoms with van der Waals surface area (Å²) in [4.78, 5) is 22.4. The van der Waals surface area contributed by atoms with Gasteiger partial charge in [-0.15, -0.1) is 0 Å². The van der Waals surface area contributed by atoms with Gasteiger partial charge in [0.05, 0.1) is 0 Å². The van der Waals surface area contributed by atoms with Crippen LogP contribution in [0.3, 0.4) is 0 Å². The normalized spacial score (nSPS) is 12.4. The predicted molar refractivity (Wildman–Crippen MR) is 116 cm³/mol. The SMILES string of the molecule is CCCCCCCCCCCC(CCCCCCCC)OC(=O)/C=C\C(=O)O. The van der Waals surface area contributed by atoms with E-state index in [2.05, 4.69) is 13.8 Å². The van der Waals surface area contributed by atoms with Gasteiger partial charge in [-0.1, -0.05) is 97.3 Å². The van der Waals surface area contributed by atoms with Gasteiger partial charge >= 0.3 is 11.9 Å². The summed E-state index contributed by atoms with van der Waals surface area (Å²) in [7, 11) is 0. The fraction of sp³-hybridized carbons (Fsp3) is 0.833. The van der Waals surface area contributed by atoms with E-state index in [-0.39, 0.29) is 6.10 Å². The standard InChI is InChI=1S/C24H44O4/c1-3-5-7-9-11-12-13-15-17-19-22(18-16-14-10-8-6-4-2)28-24(27)21-20-23(25)26/h20-22H,3-19H2,1-2H3,(H,25,26)/b21-20-. The zero-order valence-electron chi connectivity index (χ0n) is 18.4. The number of aliphatic carboxylic acids is 1. The smallest absolute Gasteiger partial charge is 0.331 e. The number of carbonyl (C=O) groups is 2. The number of carboxylic acid groups (broad SMARTS) is 1. The van der Waals surface area contributed by atoms with Crippen molar-refractivity contribution in [1.82, 2.24) is 0 Å².